The zero-order valence-corrected chi connectivity index (χ0v) is 9.19. The van der Waals surface area contributed by atoms with Gasteiger partial charge in [0.1, 0.15) is 0 Å². The lowest BCUT2D eigenvalue weighted by atomic mass is 10.0. The van der Waals surface area contributed by atoms with Crippen LogP contribution in [0.5, 0.6) is 0 Å². The van der Waals surface area contributed by atoms with Crippen LogP contribution in [0.2, 0.25) is 0 Å². The lowest BCUT2D eigenvalue weighted by Gasteiger charge is -2.11. The number of para-hydroxylation sites is 1. The number of rotatable bonds is 1. The van der Waals surface area contributed by atoms with Gasteiger partial charge in [-0.2, -0.15) is 0 Å². The lowest BCUT2D eigenvalue weighted by Crippen LogP contribution is -2.07. The average molecular weight is 210 g/mol. The maximum atomic E-state index is 4.58. The van der Waals surface area contributed by atoms with Crippen LogP contribution in [0.1, 0.15) is 24.8 Å². The zero-order chi connectivity index (χ0) is 10.8. The quantitative estimate of drug-likeness (QED) is 0.709. The molecule has 0 spiro atoms. The highest BCUT2D eigenvalue weighted by Crippen LogP contribution is 2.17. The minimum atomic E-state index is 0.974. The lowest BCUT2D eigenvalue weighted by molar-refractivity contribution is 0.738. The number of benzene rings is 1. The molecule has 2 heteroatoms. The van der Waals surface area contributed by atoms with Gasteiger partial charge < -0.3 is 0 Å². The summed E-state index contributed by atoms with van der Waals surface area (Å²) in [5, 5.41) is 1.20. The van der Waals surface area contributed by atoms with Crippen molar-refractivity contribution in [3.05, 3.63) is 42.1 Å². The van der Waals surface area contributed by atoms with E-state index in [2.05, 4.69) is 28.2 Å². The molecule has 1 aliphatic heterocycles. The summed E-state index contributed by atoms with van der Waals surface area (Å²) in [6, 6.07) is 10.4. The molecule has 1 aromatic carbocycles. The highest BCUT2D eigenvalue weighted by Gasteiger charge is 2.08. The molecule has 2 aromatic rings. The van der Waals surface area contributed by atoms with Gasteiger partial charge >= 0.3 is 0 Å². The number of hydrogen-bond donors (Lipinski definition) is 0. The zero-order valence-electron chi connectivity index (χ0n) is 9.19. The van der Waals surface area contributed by atoms with Gasteiger partial charge in [0.15, 0.2) is 0 Å². The van der Waals surface area contributed by atoms with Crippen molar-refractivity contribution in [3.63, 3.8) is 0 Å². The molecule has 0 atom stereocenters. The van der Waals surface area contributed by atoms with Crippen LogP contribution >= 0.6 is 0 Å². The van der Waals surface area contributed by atoms with Crippen LogP contribution in [-0.2, 0) is 0 Å². The first kappa shape index (κ1) is 9.52. The van der Waals surface area contributed by atoms with Crippen molar-refractivity contribution >= 4 is 16.6 Å². The topological polar surface area (TPSA) is 25.2 Å². The van der Waals surface area contributed by atoms with E-state index in [-0.39, 0.29) is 0 Å². The SMILES string of the molecule is c1ccc2ncc(C3=NCCCC3)cc2c1. The predicted molar refractivity (Wildman–Crippen MR) is 67.0 cm³/mol. The first-order valence-corrected chi connectivity index (χ1v) is 5.82. The summed E-state index contributed by atoms with van der Waals surface area (Å²) in [4.78, 5) is 9.06. The minimum Gasteiger partial charge on any atom is -0.289 e. The van der Waals surface area contributed by atoms with Crippen LogP contribution in [0.3, 0.4) is 0 Å². The van der Waals surface area contributed by atoms with Crippen molar-refractivity contribution in [3.8, 4) is 0 Å². The second-order valence-electron chi connectivity index (χ2n) is 4.20. The Hall–Kier alpha value is -1.70. The molecule has 16 heavy (non-hydrogen) atoms. The third-order valence-electron chi connectivity index (χ3n) is 3.05. The van der Waals surface area contributed by atoms with Gasteiger partial charge in [0.25, 0.3) is 0 Å². The number of aromatic nitrogens is 1. The van der Waals surface area contributed by atoms with Crippen molar-refractivity contribution in [1.29, 1.82) is 0 Å². The Morgan fingerprint density at radius 1 is 1.06 bits per heavy atom. The smallest absolute Gasteiger partial charge is 0.0702 e. The van der Waals surface area contributed by atoms with E-state index in [0.717, 1.165) is 18.5 Å². The van der Waals surface area contributed by atoms with Crippen LogP contribution < -0.4 is 0 Å². The van der Waals surface area contributed by atoms with Crippen molar-refractivity contribution in [2.24, 2.45) is 4.99 Å². The number of pyridine rings is 1. The Labute approximate surface area is 95.0 Å². The number of hydrogen-bond acceptors (Lipinski definition) is 2. The molecule has 0 saturated carbocycles. The molecule has 0 bridgehead atoms. The van der Waals surface area contributed by atoms with E-state index < -0.39 is 0 Å². The Balaban J connectivity index is 2.07. The minimum absolute atomic E-state index is 0.974. The Morgan fingerprint density at radius 2 is 2.00 bits per heavy atom. The first-order chi connectivity index (χ1) is 7.93. The third-order valence-corrected chi connectivity index (χ3v) is 3.05. The summed E-state index contributed by atoms with van der Waals surface area (Å²) in [6.07, 6.45) is 5.53. The van der Waals surface area contributed by atoms with E-state index in [9.17, 15) is 0 Å². The van der Waals surface area contributed by atoms with Crippen molar-refractivity contribution < 1.29 is 0 Å². The third kappa shape index (κ3) is 1.71. The van der Waals surface area contributed by atoms with Gasteiger partial charge in [-0.3, -0.25) is 9.98 Å². The maximum Gasteiger partial charge on any atom is 0.0702 e. The molecule has 1 aliphatic rings. The van der Waals surface area contributed by atoms with Crippen molar-refractivity contribution in [1.82, 2.24) is 4.98 Å². The second-order valence-corrected chi connectivity index (χ2v) is 4.20. The van der Waals surface area contributed by atoms with E-state index in [4.69, 9.17) is 0 Å². The molecule has 0 fully saturated rings. The number of fused-ring (bicyclic) bond motifs is 1. The summed E-state index contributed by atoms with van der Waals surface area (Å²) >= 11 is 0. The number of aliphatic imine (C=N–C) groups is 1. The Bertz CT molecular complexity index is 543. The van der Waals surface area contributed by atoms with Crippen molar-refractivity contribution in [2.75, 3.05) is 6.54 Å². The van der Waals surface area contributed by atoms with E-state index in [1.54, 1.807) is 0 Å². The summed E-state index contributed by atoms with van der Waals surface area (Å²) in [7, 11) is 0. The highest BCUT2D eigenvalue weighted by atomic mass is 14.8. The van der Waals surface area contributed by atoms with Gasteiger partial charge in [0.2, 0.25) is 0 Å². The molecule has 0 radical (unpaired) electrons. The molecule has 0 aliphatic carbocycles. The summed E-state index contributed by atoms with van der Waals surface area (Å²) in [5.41, 5.74) is 3.48. The van der Waals surface area contributed by atoms with Gasteiger partial charge in [0.05, 0.1) is 5.52 Å². The molecule has 0 unspecified atom stereocenters. The van der Waals surface area contributed by atoms with E-state index in [0.29, 0.717) is 0 Å². The van der Waals surface area contributed by atoms with Gasteiger partial charge in [-0.05, 0) is 31.4 Å². The van der Waals surface area contributed by atoms with Crippen LogP contribution in [0.4, 0.5) is 0 Å². The molecule has 80 valence electrons. The standard InChI is InChI=1S/C14H14N2/c1-2-6-13-11(5-1)9-12(10-16-13)14-7-3-4-8-15-14/h1-2,5-6,9-10H,3-4,7-8H2. The van der Waals surface area contributed by atoms with E-state index in [1.165, 1.54) is 29.5 Å². The van der Waals surface area contributed by atoms with Crippen LogP contribution in [-0.4, -0.2) is 17.2 Å². The maximum absolute atomic E-state index is 4.58. The predicted octanol–water partition coefficient (Wildman–Crippen LogP) is 3.21. The molecule has 0 saturated heterocycles. The van der Waals surface area contributed by atoms with Crippen LogP contribution in [0.15, 0.2) is 41.5 Å². The van der Waals surface area contributed by atoms with Crippen LogP contribution in [0.25, 0.3) is 10.9 Å². The number of nitrogens with zero attached hydrogens (tertiary/aromatic N) is 2. The van der Waals surface area contributed by atoms with Crippen molar-refractivity contribution in [2.45, 2.75) is 19.3 Å². The van der Waals surface area contributed by atoms with E-state index >= 15 is 0 Å². The van der Waals surface area contributed by atoms with Crippen LogP contribution in [0, 0.1) is 0 Å². The molecule has 2 heterocycles. The summed E-state index contributed by atoms with van der Waals surface area (Å²) < 4.78 is 0. The Kier molecular flexibility index (Phi) is 2.41. The van der Waals surface area contributed by atoms with Gasteiger partial charge in [-0.15, -0.1) is 0 Å². The summed E-state index contributed by atoms with van der Waals surface area (Å²) in [6.45, 7) is 0.974. The molecular formula is C14H14N2. The average Bonchev–Trinajstić information content (AvgIpc) is 2.39. The largest absolute Gasteiger partial charge is 0.289 e. The Morgan fingerprint density at radius 3 is 2.88 bits per heavy atom. The fourth-order valence-corrected chi connectivity index (χ4v) is 2.16. The molecule has 0 N–H and O–H groups in total. The molecular weight excluding hydrogens is 196 g/mol. The van der Waals surface area contributed by atoms with Gasteiger partial charge in [-0.25, -0.2) is 0 Å². The second kappa shape index (κ2) is 4.05. The fourth-order valence-electron chi connectivity index (χ4n) is 2.16. The normalized spacial score (nSPS) is 16.1. The monoisotopic (exact) mass is 210 g/mol. The fraction of sp³-hybridized carbons (Fsp3) is 0.286. The molecule has 3 rings (SSSR count). The van der Waals surface area contributed by atoms with Gasteiger partial charge in [-0.1, -0.05) is 18.2 Å². The molecule has 1 aromatic heterocycles. The first-order valence-electron chi connectivity index (χ1n) is 5.82. The molecule has 0 amide bonds. The molecule has 2 nitrogen and oxygen atoms in total. The highest BCUT2D eigenvalue weighted by molar-refractivity contribution is 6.02. The van der Waals surface area contributed by atoms with E-state index in [1.807, 2.05) is 18.3 Å². The summed E-state index contributed by atoms with van der Waals surface area (Å²) in [5.74, 6) is 0. The van der Waals surface area contributed by atoms with Gasteiger partial charge in [0, 0.05) is 29.4 Å².